The van der Waals surface area contributed by atoms with Gasteiger partial charge in [0.25, 0.3) is 5.56 Å². The van der Waals surface area contributed by atoms with E-state index in [2.05, 4.69) is 38.7 Å². The molecule has 0 amide bonds. The van der Waals surface area contributed by atoms with Crippen LogP contribution in [0.15, 0.2) is 89.9 Å². The molecule has 2 aliphatic rings. The molecule has 8 nitrogen and oxygen atoms in total. The number of piperazine rings is 1. The van der Waals surface area contributed by atoms with Crippen LogP contribution in [-0.2, 0) is 16.6 Å². The van der Waals surface area contributed by atoms with Crippen LogP contribution >= 0.6 is 0 Å². The fraction of sp³-hybridized carbons (Fsp3) is 0.278. The molecule has 1 aliphatic heterocycles. The third-order valence-electron chi connectivity index (χ3n) is 9.14. The Labute approximate surface area is 256 Å². The summed E-state index contributed by atoms with van der Waals surface area (Å²) in [6.45, 7) is 9.99. The molecule has 44 heavy (non-hydrogen) atoms. The van der Waals surface area contributed by atoms with Crippen molar-refractivity contribution in [3.8, 4) is 11.1 Å². The van der Waals surface area contributed by atoms with Gasteiger partial charge in [0.1, 0.15) is 11.7 Å². The van der Waals surface area contributed by atoms with Gasteiger partial charge in [0, 0.05) is 66.5 Å². The van der Waals surface area contributed by atoms with Gasteiger partial charge >= 0.3 is 0 Å². The second-order valence-corrected chi connectivity index (χ2v) is 12.4. The van der Waals surface area contributed by atoms with Gasteiger partial charge in [-0.3, -0.25) is 14.2 Å². The molecule has 1 atom stereocenters. The Balaban J connectivity index is 1.36. The second kappa shape index (κ2) is 11.0. The zero-order valence-corrected chi connectivity index (χ0v) is 25.3. The predicted octanol–water partition coefficient (Wildman–Crippen LogP) is 5.56. The fourth-order valence-electron chi connectivity index (χ4n) is 6.90. The number of ketones is 1. The lowest BCUT2D eigenvalue weighted by atomic mass is 9.68. The van der Waals surface area contributed by atoms with Gasteiger partial charge in [-0.25, -0.2) is 4.98 Å². The molecule has 1 unspecified atom stereocenters. The Morgan fingerprint density at radius 3 is 2.41 bits per heavy atom. The van der Waals surface area contributed by atoms with Crippen molar-refractivity contribution in [3.05, 3.63) is 112 Å². The summed E-state index contributed by atoms with van der Waals surface area (Å²) in [5.74, 6) is 0.362. The number of benzene rings is 3. The number of hydrogen-bond donors (Lipinski definition) is 2. The minimum atomic E-state index is -0.738. The van der Waals surface area contributed by atoms with Crippen molar-refractivity contribution < 1.29 is 4.79 Å². The molecule has 3 aromatic carbocycles. The summed E-state index contributed by atoms with van der Waals surface area (Å²) in [5.41, 5.74) is 6.01. The number of aryl methyl sites for hydroxylation is 1. The lowest BCUT2D eigenvalue weighted by Gasteiger charge is -2.40. The van der Waals surface area contributed by atoms with Crippen LogP contribution in [-0.4, -0.2) is 46.5 Å². The first-order chi connectivity index (χ1) is 21.3. The Bertz CT molecular complexity index is 1940. The van der Waals surface area contributed by atoms with E-state index in [1.165, 1.54) is 5.69 Å². The SMILES string of the molecule is Cc1ccccc1-c1cc2cnc(Nc3ccc(N4CCNCC4)cc3)nc2n(C2C(=O)Cc3ccccc3C2(C)C)c1=O. The Morgan fingerprint density at radius 1 is 0.909 bits per heavy atom. The number of aromatic nitrogens is 3. The quantitative estimate of drug-likeness (QED) is 0.279. The fourth-order valence-corrected chi connectivity index (χ4v) is 6.90. The van der Waals surface area contributed by atoms with Crippen LogP contribution in [0.5, 0.6) is 0 Å². The Hall–Kier alpha value is -4.82. The van der Waals surface area contributed by atoms with Crippen molar-refractivity contribution in [2.45, 2.75) is 38.6 Å². The summed E-state index contributed by atoms with van der Waals surface area (Å²) < 4.78 is 1.63. The van der Waals surface area contributed by atoms with Gasteiger partial charge in [-0.15, -0.1) is 0 Å². The molecule has 1 fully saturated rings. The van der Waals surface area contributed by atoms with E-state index in [1.54, 1.807) is 10.8 Å². The van der Waals surface area contributed by atoms with Crippen LogP contribution in [0.2, 0.25) is 0 Å². The second-order valence-electron chi connectivity index (χ2n) is 12.4. The highest BCUT2D eigenvalue weighted by Crippen LogP contribution is 2.43. The minimum absolute atomic E-state index is 0.00402. The van der Waals surface area contributed by atoms with Crippen LogP contribution in [0.1, 0.15) is 36.6 Å². The zero-order valence-electron chi connectivity index (χ0n) is 25.3. The molecule has 1 aliphatic carbocycles. The van der Waals surface area contributed by atoms with Gasteiger partial charge in [0.15, 0.2) is 5.78 Å². The summed E-state index contributed by atoms with van der Waals surface area (Å²) in [4.78, 5) is 40.5. The molecule has 3 heterocycles. The summed E-state index contributed by atoms with van der Waals surface area (Å²) in [5, 5.41) is 7.41. The molecular formula is C36H36N6O2. The number of nitrogens with one attached hydrogen (secondary N) is 2. The molecule has 1 saturated heterocycles. The number of fused-ring (bicyclic) bond motifs is 2. The molecule has 7 rings (SSSR count). The number of anilines is 3. The highest BCUT2D eigenvalue weighted by molar-refractivity contribution is 5.91. The van der Waals surface area contributed by atoms with Crippen molar-refractivity contribution in [2.24, 2.45) is 0 Å². The van der Waals surface area contributed by atoms with Crippen molar-refractivity contribution in [2.75, 3.05) is 36.4 Å². The Kier molecular flexibility index (Phi) is 7.01. The zero-order chi connectivity index (χ0) is 30.4. The number of hydrogen-bond acceptors (Lipinski definition) is 7. The summed E-state index contributed by atoms with van der Waals surface area (Å²) in [6, 6.07) is 25.2. The van der Waals surface area contributed by atoms with Gasteiger partial charge in [-0.2, -0.15) is 4.98 Å². The van der Waals surface area contributed by atoms with Gasteiger partial charge in [-0.05, 0) is 59.5 Å². The van der Waals surface area contributed by atoms with Crippen molar-refractivity contribution in [1.82, 2.24) is 19.9 Å². The van der Waals surface area contributed by atoms with E-state index >= 15 is 0 Å². The average molecular weight is 585 g/mol. The molecule has 2 aromatic heterocycles. The smallest absolute Gasteiger partial charge is 0.260 e. The summed E-state index contributed by atoms with van der Waals surface area (Å²) in [6.07, 6.45) is 2.01. The molecule has 5 aromatic rings. The van der Waals surface area contributed by atoms with Crippen LogP contribution in [0.4, 0.5) is 17.3 Å². The predicted molar refractivity (Wildman–Crippen MR) is 176 cm³/mol. The van der Waals surface area contributed by atoms with E-state index < -0.39 is 11.5 Å². The monoisotopic (exact) mass is 584 g/mol. The molecule has 0 bridgehead atoms. The number of nitrogens with zero attached hydrogens (tertiary/aromatic N) is 4. The molecule has 0 spiro atoms. The highest BCUT2D eigenvalue weighted by atomic mass is 16.1. The number of carbonyl (C=O) groups excluding carboxylic acids is 1. The molecular weight excluding hydrogens is 548 g/mol. The lowest BCUT2D eigenvalue weighted by Crippen LogP contribution is -2.46. The maximum absolute atomic E-state index is 14.6. The van der Waals surface area contributed by atoms with Gasteiger partial charge in [-0.1, -0.05) is 62.4 Å². The van der Waals surface area contributed by atoms with Crippen LogP contribution in [0.3, 0.4) is 0 Å². The van der Waals surface area contributed by atoms with Crippen LogP contribution in [0, 0.1) is 6.92 Å². The van der Waals surface area contributed by atoms with E-state index in [4.69, 9.17) is 4.98 Å². The summed E-state index contributed by atoms with van der Waals surface area (Å²) in [7, 11) is 0. The largest absolute Gasteiger partial charge is 0.369 e. The van der Waals surface area contributed by atoms with Crippen LogP contribution < -0.4 is 21.1 Å². The molecule has 8 heteroatoms. The maximum Gasteiger partial charge on any atom is 0.260 e. The number of Topliss-reactive ketones (excluding diaryl/α,β-unsaturated/α-hetero) is 1. The minimum Gasteiger partial charge on any atom is -0.369 e. The van der Waals surface area contributed by atoms with Crippen molar-refractivity contribution in [1.29, 1.82) is 0 Å². The van der Waals surface area contributed by atoms with Gasteiger partial charge < -0.3 is 15.5 Å². The van der Waals surface area contributed by atoms with E-state index in [9.17, 15) is 9.59 Å². The number of carbonyl (C=O) groups is 1. The van der Waals surface area contributed by atoms with Crippen molar-refractivity contribution in [3.63, 3.8) is 0 Å². The summed E-state index contributed by atoms with van der Waals surface area (Å²) >= 11 is 0. The first-order valence-electron chi connectivity index (χ1n) is 15.2. The normalized spacial score (nSPS) is 17.8. The molecule has 0 radical (unpaired) electrons. The van der Waals surface area contributed by atoms with Gasteiger partial charge in [0.2, 0.25) is 5.95 Å². The molecule has 2 N–H and O–H groups in total. The van der Waals surface area contributed by atoms with Crippen molar-refractivity contribution >= 4 is 34.1 Å². The van der Waals surface area contributed by atoms with Gasteiger partial charge in [0.05, 0.1) is 0 Å². The highest BCUT2D eigenvalue weighted by Gasteiger charge is 2.44. The molecule has 222 valence electrons. The topological polar surface area (TPSA) is 92.2 Å². The lowest BCUT2D eigenvalue weighted by molar-refractivity contribution is -0.124. The maximum atomic E-state index is 14.6. The van der Waals surface area contributed by atoms with E-state index in [0.717, 1.165) is 54.1 Å². The molecule has 0 saturated carbocycles. The first kappa shape index (κ1) is 28.0. The van der Waals surface area contributed by atoms with E-state index in [0.29, 0.717) is 22.5 Å². The number of pyridine rings is 1. The third kappa shape index (κ3) is 4.85. The van der Waals surface area contributed by atoms with E-state index in [1.807, 2.05) is 81.4 Å². The van der Waals surface area contributed by atoms with Crippen LogP contribution in [0.25, 0.3) is 22.2 Å². The van der Waals surface area contributed by atoms with E-state index in [-0.39, 0.29) is 17.8 Å². The number of rotatable bonds is 5. The average Bonchev–Trinajstić information content (AvgIpc) is 3.03. The standard InChI is InChI=1S/C36H36N6O2/c1-23-8-4-6-10-28(23)29-20-25-22-38-35(39-26-12-14-27(15-13-26)41-18-16-37-17-19-41)40-33(25)42(34(29)44)32-31(43)21-24-9-5-7-11-30(24)36(32,2)3/h4-15,20,22,32,37H,16-19,21H2,1-3H3,(H,38,39,40). The third-order valence-corrected chi connectivity index (χ3v) is 9.14. The first-order valence-corrected chi connectivity index (χ1v) is 15.2. The Morgan fingerprint density at radius 2 is 1.64 bits per heavy atom.